The smallest absolute Gasteiger partial charge is 0.226 e. The second-order valence-electron chi connectivity index (χ2n) is 5.10. The molecular formula is C16H12ClN5O2S. The second kappa shape index (κ2) is 6.66. The fourth-order valence-corrected chi connectivity index (χ4v) is 3.14. The van der Waals surface area contributed by atoms with Crippen molar-refractivity contribution in [3.05, 3.63) is 59.6 Å². The summed E-state index contributed by atoms with van der Waals surface area (Å²) < 4.78 is 12.2. The van der Waals surface area contributed by atoms with Crippen LogP contribution < -0.4 is 5.84 Å². The Labute approximate surface area is 151 Å². The first-order valence-corrected chi connectivity index (χ1v) is 8.64. The molecule has 2 N–H and O–H groups in total. The molecule has 0 aliphatic carbocycles. The van der Waals surface area contributed by atoms with Gasteiger partial charge in [0.2, 0.25) is 16.9 Å². The summed E-state index contributed by atoms with van der Waals surface area (Å²) in [7, 11) is 0. The van der Waals surface area contributed by atoms with Gasteiger partial charge in [-0.1, -0.05) is 29.4 Å². The lowest BCUT2D eigenvalue weighted by Gasteiger charge is -2.00. The van der Waals surface area contributed by atoms with Crippen molar-refractivity contribution in [3.63, 3.8) is 0 Å². The Balaban J connectivity index is 1.48. The van der Waals surface area contributed by atoms with Crippen LogP contribution in [0.1, 0.15) is 5.69 Å². The number of rotatable bonds is 5. The van der Waals surface area contributed by atoms with Crippen LogP contribution >= 0.6 is 23.4 Å². The molecule has 0 bridgehead atoms. The van der Waals surface area contributed by atoms with E-state index >= 15 is 0 Å². The molecule has 25 heavy (non-hydrogen) atoms. The molecule has 7 nitrogen and oxygen atoms in total. The van der Waals surface area contributed by atoms with Crippen molar-refractivity contribution < 1.29 is 8.83 Å². The first-order chi connectivity index (χ1) is 12.2. The van der Waals surface area contributed by atoms with Gasteiger partial charge in [0.1, 0.15) is 6.26 Å². The number of hydrogen-bond acceptors (Lipinski definition) is 7. The molecule has 3 heterocycles. The molecule has 1 aromatic carbocycles. The minimum atomic E-state index is 0.465. The van der Waals surface area contributed by atoms with E-state index in [1.165, 1.54) is 16.4 Å². The third-order valence-electron chi connectivity index (χ3n) is 3.38. The monoisotopic (exact) mass is 373 g/mol. The Morgan fingerprint density at radius 3 is 2.88 bits per heavy atom. The van der Waals surface area contributed by atoms with Gasteiger partial charge in [-0.05, 0) is 30.3 Å². The predicted octanol–water partition coefficient (Wildman–Crippen LogP) is 3.85. The van der Waals surface area contributed by atoms with Crippen molar-refractivity contribution in [2.75, 3.05) is 5.84 Å². The maximum atomic E-state index is 6.02. The highest BCUT2D eigenvalue weighted by atomic mass is 35.5. The van der Waals surface area contributed by atoms with Crippen LogP contribution in [-0.4, -0.2) is 19.9 Å². The van der Waals surface area contributed by atoms with Crippen LogP contribution in [0.5, 0.6) is 0 Å². The van der Waals surface area contributed by atoms with Gasteiger partial charge < -0.3 is 14.7 Å². The number of furan rings is 1. The molecule has 0 saturated carbocycles. The highest BCUT2D eigenvalue weighted by Gasteiger charge is 2.15. The molecule has 4 rings (SSSR count). The third kappa shape index (κ3) is 3.26. The number of halogens is 1. The van der Waals surface area contributed by atoms with E-state index < -0.39 is 0 Å². The predicted molar refractivity (Wildman–Crippen MR) is 94.4 cm³/mol. The second-order valence-corrected chi connectivity index (χ2v) is 6.48. The molecule has 9 heteroatoms. The first kappa shape index (κ1) is 15.8. The molecule has 3 aromatic heterocycles. The molecule has 0 spiro atoms. The van der Waals surface area contributed by atoms with E-state index in [2.05, 4.69) is 15.2 Å². The van der Waals surface area contributed by atoms with Crippen LogP contribution in [0.25, 0.3) is 23.0 Å². The van der Waals surface area contributed by atoms with Gasteiger partial charge in [0.05, 0.1) is 12.0 Å². The van der Waals surface area contributed by atoms with Gasteiger partial charge in [0, 0.05) is 16.3 Å². The van der Waals surface area contributed by atoms with Crippen LogP contribution in [0.3, 0.4) is 0 Å². The van der Waals surface area contributed by atoms with Crippen molar-refractivity contribution in [1.82, 2.24) is 19.9 Å². The van der Waals surface area contributed by atoms with E-state index in [1.807, 2.05) is 12.1 Å². The van der Waals surface area contributed by atoms with Crippen molar-refractivity contribution in [1.29, 1.82) is 0 Å². The summed E-state index contributed by atoms with van der Waals surface area (Å²) in [6.45, 7) is 0. The van der Waals surface area contributed by atoms with Crippen molar-refractivity contribution in [2.24, 2.45) is 0 Å². The zero-order valence-electron chi connectivity index (χ0n) is 12.8. The highest BCUT2D eigenvalue weighted by molar-refractivity contribution is 7.98. The quantitative estimate of drug-likeness (QED) is 0.419. The molecule has 0 amide bonds. The minimum absolute atomic E-state index is 0.465. The van der Waals surface area contributed by atoms with E-state index in [-0.39, 0.29) is 0 Å². The van der Waals surface area contributed by atoms with Crippen molar-refractivity contribution in [2.45, 2.75) is 10.9 Å². The summed E-state index contributed by atoms with van der Waals surface area (Å²) in [6.07, 6.45) is 3.16. The van der Waals surface area contributed by atoms with Gasteiger partial charge in [0.15, 0.2) is 5.76 Å². The minimum Gasteiger partial charge on any atom is -0.461 e. The number of nitrogens with two attached hydrogens (primary N) is 1. The highest BCUT2D eigenvalue weighted by Crippen LogP contribution is 2.26. The summed E-state index contributed by atoms with van der Waals surface area (Å²) in [5, 5.41) is 9.31. The van der Waals surface area contributed by atoms with Crippen LogP contribution in [-0.2, 0) is 5.75 Å². The summed E-state index contributed by atoms with van der Waals surface area (Å²) >= 11 is 7.40. The summed E-state index contributed by atoms with van der Waals surface area (Å²) in [5.41, 5.74) is 1.59. The molecule has 0 atom stereocenters. The van der Waals surface area contributed by atoms with E-state index in [1.54, 1.807) is 36.8 Å². The Bertz CT molecular complexity index is 996. The average molecular weight is 374 g/mol. The number of oxazole rings is 1. The fraction of sp³-hybridized carbons (Fsp3) is 0.0625. The topological polar surface area (TPSA) is 95.9 Å². The number of nitrogen functional groups attached to an aromatic ring is 1. The molecule has 0 aliphatic heterocycles. The maximum Gasteiger partial charge on any atom is 0.226 e. The van der Waals surface area contributed by atoms with E-state index in [4.69, 9.17) is 26.3 Å². The molecule has 4 aromatic rings. The Hall–Kier alpha value is -2.71. The standard InChI is InChI=1S/C16H12ClN5O2S/c17-11-4-1-3-10(7-11)15-19-12(8-24-15)9-25-16-21-20-14(22(16)18)13-5-2-6-23-13/h1-8H,9,18H2. The average Bonchev–Trinajstić information content (AvgIpc) is 3.34. The number of nitrogens with zero attached hydrogens (tertiary/aromatic N) is 4. The van der Waals surface area contributed by atoms with Gasteiger partial charge in [-0.15, -0.1) is 10.2 Å². The van der Waals surface area contributed by atoms with Crippen molar-refractivity contribution in [3.8, 4) is 23.0 Å². The molecule has 0 aliphatic rings. The lowest BCUT2D eigenvalue weighted by molar-refractivity contribution is 0.573. The first-order valence-electron chi connectivity index (χ1n) is 7.28. The van der Waals surface area contributed by atoms with Gasteiger partial charge >= 0.3 is 0 Å². The van der Waals surface area contributed by atoms with Gasteiger partial charge in [-0.25, -0.2) is 9.66 Å². The summed E-state index contributed by atoms with van der Waals surface area (Å²) in [6, 6.07) is 10.9. The van der Waals surface area contributed by atoms with Gasteiger partial charge in [-0.3, -0.25) is 0 Å². The van der Waals surface area contributed by atoms with Crippen LogP contribution in [0.2, 0.25) is 5.02 Å². The number of hydrogen-bond donors (Lipinski definition) is 1. The lowest BCUT2D eigenvalue weighted by atomic mass is 10.2. The zero-order valence-corrected chi connectivity index (χ0v) is 14.4. The SMILES string of the molecule is Nn1c(SCc2coc(-c3cccc(Cl)c3)n2)nnc1-c1ccco1. The molecular weight excluding hydrogens is 362 g/mol. The van der Waals surface area contributed by atoms with E-state index in [9.17, 15) is 0 Å². The van der Waals surface area contributed by atoms with E-state index in [0.717, 1.165) is 11.3 Å². The van der Waals surface area contributed by atoms with E-state index in [0.29, 0.717) is 33.4 Å². The van der Waals surface area contributed by atoms with Crippen LogP contribution in [0, 0.1) is 0 Å². The fourth-order valence-electron chi connectivity index (χ4n) is 2.22. The van der Waals surface area contributed by atoms with Crippen LogP contribution in [0.15, 0.2) is 62.9 Å². The Morgan fingerprint density at radius 2 is 2.08 bits per heavy atom. The third-order valence-corrected chi connectivity index (χ3v) is 4.59. The molecule has 126 valence electrons. The van der Waals surface area contributed by atoms with Gasteiger partial charge in [0.25, 0.3) is 0 Å². The molecule has 0 unspecified atom stereocenters. The van der Waals surface area contributed by atoms with Crippen molar-refractivity contribution >= 4 is 23.4 Å². The molecule has 0 fully saturated rings. The normalized spacial score (nSPS) is 11.1. The Morgan fingerprint density at radius 1 is 1.16 bits per heavy atom. The molecule has 0 radical (unpaired) electrons. The largest absolute Gasteiger partial charge is 0.461 e. The van der Waals surface area contributed by atoms with Gasteiger partial charge in [-0.2, -0.15) is 0 Å². The number of benzene rings is 1. The van der Waals surface area contributed by atoms with Crippen LogP contribution in [0.4, 0.5) is 0 Å². The zero-order chi connectivity index (χ0) is 17.2. The Kier molecular flexibility index (Phi) is 4.21. The summed E-state index contributed by atoms with van der Waals surface area (Å²) in [5.74, 6) is 8.11. The number of thioether (sulfide) groups is 1. The maximum absolute atomic E-state index is 6.02. The number of aromatic nitrogens is 4. The molecule has 0 saturated heterocycles. The summed E-state index contributed by atoms with van der Waals surface area (Å²) in [4.78, 5) is 4.46. The lowest BCUT2D eigenvalue weighted by Crippen LogP contribution is -2.11.